The molecule has 146 valence electrons. The summed E-state index contributed by atoms with van der Waals surface area (Å²) < 4.78 is 22.4. The average molecular weight is 374 g/mol. The maximum Gasteiger partial charge on any atom is 0.291 e. The largest absolute Gasteiger partial charge is 0.492 e. The SMILES string of the molecule is CCOc1cc(N2CCOCC2)c(OCC)cc1NC(=O)c1occc1C. The van der Waals surface area contributed by atoms with Crippen LogP contribution in [0, 0.1) is 6.92 Å². The summed E-state index contributed by atoms with van der Waals surface area (Å²) in [7, 11) is 0. The Bertz CT molecular complexity index is 781. The standard InChI is InChI=1S/C20H26N2O5/c1-4-25-17-13-16(22-7-10-24-11-8-22)18(26-5-2)12-15(17)21-20(23)19-14(3)6-9-27-19/h6,9,12-13H,4-5,7-8,10-11H2,1-3H3,(H,21,23). The lowest BCUT2D eigenvalue weighted by Gasteiger charge is -2.31. The Morgan fingerprint density at radius 3 is 2.48 bits per heavy atom. The van der Waals surface area contributed by atoms with Crippen molar-refractivity contribution >= 4 is 17.3 Å². The number of benzene rings is 1. The molecule has 7 heteroatoms. The summed E-state index contributed by atoms with van der Waals surface area (Å²) in [6.45, 7) is 9.59. The molecule has 0 aliphatic carbocycles. The highest BCUT2D eigenvalue weighted by Crippen LogP contribution is 2.39. The van der Waals surface area contributed by atoms with Crippen LogP contribution >= 0.6 is 0 Å². The number of morpholine rings is 1. The van der Waals surface area contributed by atoms with E-state index in [1.165, 1.54) is 6.26 Å². The van der Waals surface area contributed by atoms with Gasteiger partial charge in [0.1, 0.15) is 11.5 Å². The summed E-state index contributed by atoms with van der Waals surface area (Å²) in [5.41, 5.74) is 2.27. The molecule has 1 aromatic heterocycles. The highest BCUT2D eigenvalue weighted by molar-refractivity contribution is 6.04. The van der Waals surface area contributed by atoms with Crippen molar-refractivity contribution in [3.05, 3.63) is 35.8 Å². The number of aryl methyl sites for hydroxylation is 1. The van der Waals surface area contributed by atoms with E-state index in [1.54, 1.807) is 6.07 Å². The van der Waals surface area contributed by atoms with Gasteiger partial charge in [0, 0.05) is 30.8 Å². The third kappa shape index (κ3) is 4.36. The number of anilines is 2. The van der Waals surface area contributed by atoms with Gasteiger partial charge < -0.3 is 28.8 Å². The first-order valence-electron chi connectivity index (χ1n) is 9.25. The van der Waals surface area contributed by atoms with E-state index in [0.717, 1.165) is 24.3 Å². The number of hydrogen-bond acceptors (Lipinski definition) is 6. The maximum atomic E-state index is 12.6. The van der Waals surface area contributed by atoms with Crippen LogP contribution in [0.25, 0.3) is 0 Å². The van der Waals surface area contributed by atoms with Gasteiger partial charge in [0.15, 0.2) is 5.76 Å². The number of furan rings is 1. The van der Waals surface area contributed by atoms with Crippen molar-refractivity contribution in [1.29, 1.82) is 0 Å². The highest BCUT2D eigenvalue weighted by atomic mass is 16.5. The molecule has 2 aromatic rings. The van der Waals surface area contributed by atoms with Gasteiger partial charge in [-0.1, -0.05) is 0 Å². The van der Waals surface area contributed by atoms with Crippen LogP contribution in [0.15, 0.2) is 28.9 Å². The summed E-state index contributed by atoms with van der Waals surface area (Å²) in [6, 6.07) is 5.49. The van der Waals surface area contributed by atoms with E-state index in [-0.39, 0.29) is 11.7 Å². The van der Waals surface area contributed by atoms with Crippen LogP contribution in [0.2, 0.25) is 0 Å². The minimum Gasteiger partial charge on any atom is -0.492 e. The lowest BCUT2D eigenvalue weighted by molar-refractivity contribution is 0.0995. The number of carbonyl (C=O) groups is 1. The quantitative estimate of drug-likeness (QED) is 0.800. The van der Waals surface area contributed by atoms with E-state index in [0.29, 0.717) is 43.6 Å². The van der Waals surface area contributed by atoms with Crippen molar-refractivity contribution in [3.63, 3.8) is 0 Å². The molecule has 1 aliphatic rings. The van der Waals surface area contributed by atoms with Gasteiger partial charge in [0.2, 0.25) is 0 Å². The van der Waals surface area contributed by atoms with Crippen molar-refractivity contribution in [2.45, 2.75) is 20.8 Å². The fourth-order valence-corrected chi connectivity index (χ4v) is 3.03. The zero-order chi connectivity index (χ0) is 19.2. The number of rotatable bonds is 7. The Morgan fingerprint density at radius 1 is 1.15 bits per heavy atom. The van der Waals surface area contributed by atoms with Gasteiger partial charge in [-0.15, -0.1) is 0 Å². The number of amides is 1. The molecule has 1 aliphatic heterocycles. The van der Waals surface area contributed by atoms with Crippen LogP contribution in [0.5, 0.6) is 11.5 Å². The summed E-state index contributed by atoms with van der Waals surface area (Å²) >= 11 is 0. The normalized spacial score (nSPS) is 14.1. The van der Waals surface area contributed by atoms with E-state index in [9.17, 15) is 4.79 Å². The van der Waals surface area contributed by atoms with E-state index in [4.69, 9.17) is 18.6 Å². The van der Waals surface area contributed by atoms with Gasteiger partial charge in [0.05, 0.1) is 44.1 Å². The van der Waals surface area contributed by atoms with Gasteiger partial charge in [-0.05, 0) is 26.8 Å². The zero-order valence-corrected chi connectivity index (χ0v) is 16.0. The molecule has 0 bridgehead atoms. The van der Waals surface area contributed by atoms with Crippen molar-refractivity contribution < 1.29 is 23.4 Å². The van der Waals surface area contributed by atoms with Crippen LogP contribution in [0.1, 0.15) is 30.0 Å². The fourth-order valence-electron chi connectivity index (χ4n) is 3.03. The fraction of sp³-hybridized carbons (Fsp3) is 0.450. The first kappa shape index (κ1) is 19.1. The second kappa shape index (κ2) is 8.81. The molecule has 1 N–H and O–H groups in total. The number of carbonyl (C=O) groups excluding carboxylic acids is 1. The third-order valence-corrected chi connectivity index (χ3v) is 4.33. The molecule has 3 rings (SSSR count). The Kier molecular flexibility index (Phi) is 6.24. The first-order valence-corrected chi connectivity index (χ1v) is 9.25. The molecule has 0 saturated carbocycles. The Hall–Kier alpha value is -2.67. The molecule has 1 fully saturated rings. The molecular formula is C20H26N2O5. The molecule has 1 saturated heterocycles. The highest BCUT2D eigenvalue weighted by Gasteiger charge is 2.21. The summed E-state index contributed by atoms with van der Waals surface area (Å²) in [5.74, 6) is 1.27. The molecule has 27 heavy (non-hydrogen) atoms. The Morgan fingerprint density at radius 2 is 1.85 bits per heavy atom. The summed E-state index contributed by atoms with van der Waals surface area (Å²) in [4.78, 5) is 14.8. The molecular weight excluding hydrogens is 348 g/mol. The lowest BCUT2D eigenvalue weighted by atomic mass is 10.2. The minimum absolute atomic E-state index is 0.285. The lowest BCUT2D eigenvalue weighted by Crippen LogP contribution is -2.36. The first-order chi connectivity index (χ1) is 13.1. The van der Waals surface area contributed by atoms with Crippen molar-refractivity contribution in [2.24, 2.45) is 0 Å². The summed E-state index contributed by atoms with van der Waals surface area (Å²) in [5, 5.41) is 2.89. The van der Waals surface area contributed by atoms with Crippen LogP contribution < -0.4 is 19.7 Å². The molecule has 2 heterocycles. The average Bonchev–Trinajstić information content (AvgIpc) is 3.11. The number of nitrogens with one attached hydrogen (secondary N) is 1. The molecule has 0 radical (unpaired) electrons. The topological polar surface area (TPSA) is 73.2 Å². The van der Waals surface area contributed by atoms with Crippen LogP contribution in [0.4, 0.5) is 11.4 Å². The molecule has 1 amide bonds. The Balaban J connectivity index is 1.95. The van der Waals surface area contributed by atoms with Crippen molar-refractivity contribution in [3.8, 4) is 11.5 Å². The van der Waals surface area contributed by atoms with Gasteiger partial charge in [-0.2, -0.15) is 0 Å². The number of hydrogen-bond donors (Lipinski definition) is 1. The van der Waals surface area contributed by atoms with E-state index < -0.39 is 0 Å². The molecule has 0 unspecified atom stereocenters. The van der Waals surface area contributed by atoms with Gasteiger partial charge >= 0.3 is 0 Å². The monoisotopic (exact) mass is 374 g/mol. The smallest absolute Gasteiger partial charge is 0.291 e. The molecule has 7 nitrogen and oxygen atoms in total. The van der Waals surface area contributed by atoms with Gasteiger partial charge in [-0.3, -0.25) is 4.79 Å². The molecule has 0 spiro atoms. The van der Waals surface area contributed by atoms with Crippen molar-refractivity contribution in [1.82, 2.24) is 0 Å². The minimum atomic E-state index is -0.319. The van der Waals surface area contributed by atoms with Crippen LogP contribution in [-0.2, 0) is 4.74 Å². The van der Waals surface area contributed by atoms with Crippen LogP contribution in [0.3, 0.4) is 0 Å². The van der Waals surface area contributed by atoms with Crippen molar-refractivity contribution in [2.75, 3.05) is 49.7 Å². The second-order valence-corrected chi connectivity index (χ2v) is 6.17. The Labute approximate surface area is 159 Å². The predicted molar refractivity (Wildman–Crippen MR) is 103 cm³/mol. The second-order valence-electron chi connectivity index (χ2n) is 6.17. The van der Waals surface area contributed by atoms with E-state index in [1.807, 2.05) is 32.9 Å². The van der Waals surface area contributed by atoms with E-state index >= 15 is 0 Å². The number of ether oxygens (including phenoxy) is 3. The molecule has 0 atom stereocenters. The third-order valence-electron chi connectivity index (χ3n) is 4.33. The van der Waals surface area contributed by atoms with Gasteiger partial charge in [-0.25, -0.2) is 0 Å². The van der Waals surface area contributed by atoms with Gasteiger partial charge in [0.25, 0.3) is 5.91 Å². The number of nitrogens with zero attached hydrogens (tertiary/aromatic N) is 1. The maximum absolute atomic E-state index is 12.6. The summed E-state index contributed by atoms with van der Waals surface area (Å²) in [6.07, 6.45) is 1.50. The van der Waals surface area contributed by atoms with Crippen LogP contribution in [-0.4, -0.2) is 45.4 Å². The van der Waals surface area contributed by atoms with E-state index in [2.05, 4.69) is 10.2 Å². The zero-order valence-electron chi connectivity index (χ0n) is 16.0. The molecule has 1 aromatic carbocycles. The predicted octanol–water partition coefficient (Wildman–Crippen LogP) is 3.47.